The molecular weight excluding hydrogens is 366 g/mol. The molecule has 3 rings (SSSR count). The van der Waals surface area contributed by atoms with Crippen LogP contribution in [0.2, 0.25) is 0 Å². The van der Waals surface area contributed by atoms with Crippen molar-refractivity contribution in [2.24, 2.45) is 0 Å². The van der Waals surface area contributed by atoms with E-state index in [1.165, 1.54) is 11.4 Å². The van der Waals surface area contributed by atoms with Gasteiger partial charge in [-0.25, -0.2) is 8.42 Å². The molecule has 0 N–H and O–H groups in total. The van der Waals surface area contributed by atoms with E-state index in [-0.39, 0.29) is 17.3 Å². The summed E-state index contributed by atoms with van der Waals surface area (Å²) >= 11 is 0. The summed E-state index contributed by atoms with van der Waals surface area (Å²) < 4.78 is 37.4. The fourth-order valence-corrected chi connectivity index (χ4v) is 4.05. The molecule has 0 radical (unpaired) electrons. The lowest BCUT2D eigenvalue weighted by Gasteiger charge is -2.17. The van der Waals surface area contributed by atoms with Crippen molar-refractivity contribution in [2.45, 2.75) is 25.3 Å². The maximum atomic E-state index is 12.9. The minimum Gasteiger partial charge on any atom is -0.497 e. The monoisotopic (exact) mass is 387 g/mol. The lowest BCUT2D eigenvalue weighted by atomic mass is 10.2. The van der Waals surface area contributed by atoms with Crippen molar-refractivity contribution in [2.75, 3.05) is 14.2 Å². The van der Waals surface area contributed by atoms with Crippen LogP contribution in [-0.4, -0.2) is 37.0 Å². The van der Waals surface area contributed by atoms with E-state index in [0.29, 0.717) is 17.1 Å². The van der Waals surface area contributed by atoms with Crippen molar-refractivity contribution in [1.82, 2.24) is 14.4 Å². The largest absolute Gasteiger partial charge is 0.497 e. The van der Waals surface area contributed by atoms with E-state index in [0.717, 1.165) is 11.1 Å². The Kier molecular flexibility index (Phi) is 5.29. The second-order valence-electron chi connectivity index (χ2n) is 6.27. The summed E-state index contributed by atoms with van der Waals surface area (Å²) in [6.45, 7) is 3.61. The SMILES string of the molecule is COc1cccc(-c2noc(CN(C)S(=O)(=O)c3cc(C)ccc3C)n2)c1. The first kappa shape index (κ1) is 19.1. The van der Waals surface area contributed by atoms with Gasteiger partial charge in [0.25, 0.3) is 0 Å². The quantitative estimate of drug-likeness (QED) is 0.646. The molecule has 0 aliphatic rings. The first-order valence-corrected chi connectivity index (χ1v) is 9.76. The standard InChI is InChI=1S/C19H21N3O4S/c1-13-8-9-14(2)17(10-13)27(23,24)22(3)12-18-20-19(21-26-18)15-6-5-7-16(11-15)25-4/h5-11H,12H2,1-4H3. The van der Waals surface area contributed by atoms with Gasteiger partial charge >= 0.3 is 0 Å². The highest BCUT2D eigenvalue weighted by Gasteiger charge is 2.25. The van der Waals surface area contributed by atoms with Crippen LogP contribution in [0.3, 0.4) is 0 Å². The maximum absolute atomic E-state index is 12.9. The highest BCUT2D eigenvalue weighted by Crippen LogP contribution is 2.24. The molecule has 1 aromatic heterocycles. The molecule has 142 valence electrons. The highest BCUT2D eigenvalue weighted by molar-refractivity contribution is 7.89. The zero-order chi connectivity index (χ0) is 19.6. The van der Waals surface area contributed by atoms with Gasteiger partial charge in [0.15, 0.2) is 0 Å². The van der Waals surface area contributed by atoms with Crippen LogP contribution in [0.5, 0.6) is 5.75 Å². The van der Waals surface area contributed by atoms with E-state index in [1.54, 1.807) is 32.2 Å². The predicted octanol–water partition coefficient (Wildman–Crippen LogP) is 3.18. The number of nitrogens with zero attached hydrogens (tertiary/aromatic N) is 3. The molecule has 7 nitrogen and oxygen atoms in total. The number of methoxy groups -OCH3 is 1. The summed E-state index contributed by atoms with van der Waals surface area (Å²) in [6, 6.07) is 12.6. The Bertz CT molecular complexity index is 1060. The minimum atomic E-state index is -3.67. The molecule has 0 aliphatic carbocycles. The topological polar surface area (TPSA) is 85.5 Å². The third kappa shape index (κ3) is 4.01. The molecule has 27 heavy (non-hydrogen) atoms. The Morgan fingerprint density at radius 1 is 1.15 bits per heavy atom. The summed E-state index contributed by atoms with van der Waals surface area (Å²) in [6.07, 6.45) is 0. The maximum Gasteiger partial charge on any atom is 0.243 e. The van der Waals surface area contributed by atoms with E-state index in [4.69, 9.17) is 9.26 Å². The van der Waals surface area contributed by atoms with Crippen molar-refractivity contribution in [3.8, 4) is 17.1 Å². The van der Waals surface area contributed by atoms with Gasteiger partial charge in [-0.1, -0.05) is 29.4 Å². The van der Waals surface area contributed by atoms with E-state index in [1.807, 2.05) is 31.2 Å². The number of aromatic nitrogens is 2. The molecule has 0 bridgehead atoms. The Morgan fingerprint density at radius 2 is 1.93 bits per heavy atom. The molecule has 0 spiro atoms. The van der Waals surface area contributed by atoms with Crippen LogP contribution in [0.1, 0.15) is 17.0 Å². The van der Waals surface area contributed by atoms with Gasteiger partial charge < -0.3 is 9.26 Å². The lowest BCUT2D eigenvalue weighted by molar-refractivity contribution is 0.336. The lowest BCUT2D eigenvalue weighted by Crippen LogP contribution is -2.27. The van der Waals surface area contributed by atoms with Crippen molar-refractivity contribution >= 4 is 10.0 Å². The van der Waals surface area contributed by atoms with E-state index >= 15 is 0 Å². The van der Waals surface area contributed by atoms with Crippen LogP contribution in [-0.2, 0) is 16.6 Å². The molecule has 2 aromatic carbocycles. The number of aryl methyl sites for hydroxylation is 2. The number of benzene rings is 2. The van der Waals surface area contributed by atoms with Crippen molar-refractivity contribution < 1.29 is 17.7 Å². The van der Waals surface area contributed by atoms with Crippen LogP contribution in [0, 0.1) is 13.8 Å². The molecule has 0 unspecified atom stereocenters. The van der Waals surface area contributed by atoms with Gasteiger partial charge in [0.05, 0.1) is 18.6 Å². The van der Waals surface area contributed by atoms with Gasteiger partial charge in [0.2, 0.25) is 21.7 Å². The van der Waals surface area contributed by atoms with Crippen LogP contribution >= 0.6 is 0 Å². The average Bonchev–Trinajstić information content (AvgIpc) is 3.12. The Labute approximate surface area is 158 Å². The van der Waals surface area contributed by atoms with Crippen LogP contribution in [0.15, 0.2) is 51.9 Å². The molecule has 1 heterocycles. The first-order chi connectivity index (χ1) is 12.8. The average molecular weight is 387 g/mol. The highest BCUT2D eigenvalue weighted by atomic mass is 32.2. The summed E-state index contributed by atoms with van der Waals surface area (Å²) in [4.78, 5) is 4.58. The molecule has 0 aliphatic heterocycles. The predicted molar refractivity (Wildman–Crippen MR) is 101 cm³/mol. The molecule has 0 saturated carbocycles. The minimum absolute atomic E-state index is 0.0211. The molecule has 8 heteroatoms. The third-order valence-electron chi connectivity index (χ3n) is 4.19. The fraction of sp³-hybridized carbons (Fsp3) is 0.263. The zero-order valence-electron chi connectivity index (χ0n) is 15.6. The van der Waals surface area contributed by atoms with Crippen molar-refractivity contribution in [1.29, 1.82) is 0 Å². The second kappa shape index (κ2) is 7.50. The Hall–Kier alpha value is -2.71. The summed E-state index contributed by atoms with van der Waals surface area (Å²) in [5, 5.41) is 3.94. The van der Waals surface area contributed by atoms with E-state index in [2.05, 4.69) is 10.1 Å². The number of rotatable bonds is 6. The van der Waals surface area contributed by atoms with Gasteiger partial charge in [-0.3, -0.25) is 0 Å². The zero-order valence-corrected chi connectivity index (χ0v) is 16.4. The van der Waals surface area contributed by atoms with Gasteiger partial charge in [-0.15, -0.1) is 0 Å². The van der Waals surface area contributed by atoms with Gasteiger partial charge in [-0.2, -0.15) is 9.29 Å². The van der Waals surface area contributed by atoms with Gasteiger partial charge in [0.1, 0.15) is 5.75 Å². The van der Waals surface area contributed by atoms with Gasteiger partial charge in [0, 0.05) is 12.6 Å². The number of ether oxygens (including phenoxy) is 1. The Balaban J connectivity index is 1.83. The summed E-state index contributed by atoms with van der Waals surface area (Å²) in [5.41, 5.74) is 2.30. The molecule has 0 atom stereocenters. The molecular formula is C19H21N3O4S. The Morgan fingerprint density at radius 3 is 2.67 bits per heavy atom. The normalized spacial score (nSPS) is 11.7. The molecule has 0 saturated heterocycles. The number of sulfonamides is 1. The van der Waals surface area contributed by atoms with Crippen molar-refractivity contribution in [3.05, 3.63) is 59.5 Å². The summed E-state index contributed by atoms with van der Waals surface area (Å²) in [7, 11) is -0.601. The second-order valence-corrected chi connectivity index (χ2v) is 8.29. The van der Waals surface area contributed by atoms with Crippen LogP contribution in [0.4, 0.5) is 0 Å². The molecule has 0 amide bonds. The molecule has 0 fully saturated rings. The van der Waals surface area contributed by atoms with Gasteiger partial charge in [-0.05, 0) is 43.2 Å². The number of hydrogen-bond donors (Lipinski definition) is 0. The van der Waals surface area contributed by atoms with E-state index < -0.39 is 10.0 Å². The number of hydrogen-bond acceptors (Lipinski definition) is 6. The first-order valence-electron chi connectivity index (χ1n) is 8.32. The smallest absolute Gasteiger partial charge is 0.243 e. The third-order valence-corrected chi connectivity index (χ3v) is 6.13. The summed E-state index contributed by atoms with van der Waals surface area (Å²) in [5.74, 6) is 1.26. The molecule has 3 aromatic rings. The van der Waals surface area contributed by atoms with Crippen molar-refractivity contribution in [3.63, 3.8) is 0 Å². The van der Waals surface area contributed by atoms with Crippen LogP contribution in [0.25, 0.3) is 11.4 Å². The van der Waals surface area contributed by atoms with Crippen LogP contribution < -0.4 is 4.74 Å². The van der Waals surface area contributed by atoms with E-state index in [9.17, 15) is 8.42 Å². The fourth-order valence-electron chi connectivity index (χ4n) is 2.63.